The van der Waals surface area contributed by atoms with E-state index in [4.69, 9.17) is 15.0 Å². The number of nitrogens with two attached hydrogens (primary N) is 1. The molecule has 96 valence electrons. The van der Waals surface area contributed by atoms with Crippen molar-refractivity contribution in [2.24, 2.45) is 0 Å². The van der Waals surface area contributed by atoms with Crippen molar-refractivity contribution >= 4 is 15.8 Å². The smallest absolute Gasteiger partial charge is 0.264 e. The monoisotopic (exact) mass is 261 g/mol. The maximum atomic E-state index is 10.5. The highest BCUT2D eigenvalue weighted by atomic mass is 32.2. The molecular formula is C10H15NO5S. The Kier molecular flexibility index (Phi) is 4.19. The van der Waals surface area contributed by atoms with Gasteiger partial charge in [-0.1, -0.05) is 0 Å². The van der Waals surface area contributed by atoms with E-state index in [9.17, 15) is 13.5 Å². The van der Waals surface area contributed by atoms with Crippen molar-refractivity contribution in [1.82, 2.24) is 0 Å². The second kappa shape index (κ2) is 5.24. The third-order valence-electron chi connectivity index (χ3n) is 2.13. The molecule has 1 aromatic carbocycles. The highest BCUT2D eigenvalue weighted by Crippen LogP contribution is 2.29. The van der Waals surface area contributed by atoms with E-state index in [0.29, 0.717) is 11.3 Å². The van der Waals surface area contributed by atoms with E-state index in [1.165, 1.54) is 12.1 Å². The van der Waals surface area contributed by atoms with Gasteiger partial charge in [0.1, 0.15) is 11.5 Å². The summed E-state index contributed by atoms with van der Waals surface area (Å²) in [6, 6.07) is 2.94. The van der Waals surface area contributed by atoms with Gasteiger partial charge >= 0.3 is 0 Å². The molecule has 0 aliphatic carbocycles. The van der Waals surface area contributed by atoms with Gasteiger partial charge in [0, 0.05) is 6.07 Å². The lowest BCUT2D eigenvalue weighted by atomic mass is 10.2. The molecule has 7 heteroatoms. The first-order chi connectivity index (χ1) is 7.79. The zero-order valence-electron chi connectivity index (χ0n) is 9.38. The molecule has 0 aliphatic rings. The minimum absolute atomic E-state index is 0.0206. The standard InChI is InChI=1S/C10H15NO5S/c1-7-5-9(12)8(11)6-10(7)16-3-2-4-17(13,14)15/h5-6,12H,2-4,11H2,1H3,(H,13,14,15). The highest BCUT2D eigenvalue weighted by Gasteiger charge is 2.07. The van der Waals surface area contributed by atoms with Crippen molar-refractivity contribution in [3.8, 4) is 11.5 Å². The van der Waals surface area contributed by atoms with Crippen LogP contribution in [0.1, 0.15) is 12.0 Å². The second-order valence-electron chi connectivity index (χ2n) is 3.66. The molecule has 0 bridgehead atoms. The largest absolute Gasteiger partial charge is 0.506 e. The summed E-state index contributed by atoms with van der Waals surface area (Å²) in [6.45, 7) is 1.88. The lowest BCUT2D eigenvalue weighted by Crippen LogP contribution is -2.09. The first-order valence-electron chi connectivity index (χ1n) is 4.96. The summed E-state index contributed by atoms with van der Waals surface area (Å²) in [7, 11) is -3.95. The highest BCUT2D eigenvalue weighted by molar-refractivity contribution is 7.85. The number of phenols is 1. The van der Waals surface area contributed by atoms with Crippen LogP contribution in [0, 0.1) is 6.92 Å². The van der Waals surface area contributed by atoms with Gasteiger partial charge in [-0.15, -0.1) is 0 Å². The lowest BCUT2D eigenvalue weighted by Gasteiger charge is -2.10. The van der Waals surface area contributed by atoms with E-state index in [2.05, 4.69) is 0 Å². The first kappa shape index (κ1) is 13.6. The van der Waals surface area contributed by atoms with E-state index >= 15 is 0 Å². The molecule has 0 unspecified atom stereocenters. The molecule has 0 aliphatic heterocycles. The van der Waals surface area contributed by atoms with Gasteiger partial charge in [0.2, 0.25) is 0 Å². The van der Waals surface area contributed by atoms with Crippen LogP contribution in [-0.4, -0.2) is 30.4 Å². The molecule has 0 aromatic heterocycles. The first-order valence-corrected chi connectivity index (χ1v) is 6.57. The lowest BCUT2D eigenvalue weighted by molar-refractivity contribution is 0.313. The number of ether oxygens (including phenoxy) is 1. The van der Waals surface area contributed by atoms with Crippen LogP contribution in [0.15, 0.2) is 12.1 Å². The molecule has 0 saturated heterocycles. The van der Waals surface area contributed by atoms with Crippen molar-refractivity contribution in [2.45, 2.75) is 13.3 Å². The summed E-state index contributed by atoms with van der Waals surface area (Å²) >= 11 is 0. The Bertz CT molecular complexity index is 498. The fourth-order valence-corrected chi connectivity index (χ4v) is 1.75. The molecule has 4 N–H and O–H groups in total. The van der Waals surface area contributed by atoms with Crippen LogP contribution < -0.4 is 10.5 Å². The van der Waals surface area contributed by atoms with Gasteiger partial charge in [0.05, 0.1) is 18.0 Å². The molecule has 0 saturated carbocycles. The van der Waals surface area contributed by atoms with E-state index in [1.807, 2.05) is 0 Å². The average molecular weight is 261 g/mol. The number of anilines is 1. The Balaban J connectivity index is 2.55. The molecule has 0 fully saturated rings. The SMILES string of the molecule is Cc1cc(O)c(N)cc1OCCCS(=O)(=O)O. The van der Waals surface area contributed by atoms with E-state index in [0.717, 1.165) is 0 Å². The van der Waals surface area contributed by atoms with Gasteiger partial charge < -0.3 is 15.6 Å². The number of nitrogen functional groups attached to an aromatic ring is 1. The van der Waals surface area contributed by atoms with Crippen molar-refractivity contribution in [3.63, 3.8) is 0 Å². The molecule has 1 rings (SSSR count). The van der Waals surface area contributed by atoms with Gasteiger partial charge in [0.15, 0.2) is 0 Å². The molecular weight excluding hydrogens is 246 g/mol. The van der Waals surface area contributed by atoms with Gasteiger partial charge in [0.25, 0.3) is 10.1 Å². The zero-order chi connectivity index (χ0) is 13.1. The van der Waals surface area contributed by atoms with Crippen LogP contribution in [0.4, 0.5) is 5.69 Å². The molecule has 1 aromatic rings. The number of aromatic hydroxyl groups is 1. The third-order valence-corrected chi connectivity index (χ3v) is 2.93. The normalized spacial score (nSPS) is 11.4. The van der Waals surface area contributed by atoms with E-state index in [-0.39, 0.29) is 30.2 Å². The fraction of sp³-hybridized carbons (Fsp3) is 0.400. The van der Waals surface area contributed by atoms with Crippen molar-refractivity contribution in [1.29, 1.82) is 0 Å². The van der Waals surface area contributed by atoms with Crippen LogP contribution in [-0.2, 0) is 10.1 Å². The van der Waals surface area contributed by atoms with Crippen LogP contribution in [0.3, 0.4) is 0 Å². The topological polar surface area (TPSA) is 110 Å². The number of benzene rings is 1. The van der Waals surface area contributed by atoms with Crippen LogP contribution >= 0.6 is 0 Å². The molecule has 0 amide bonds. The maximum Gasteiger partial charge on any atom is 0.264 e. The van der Waals surface area contributed by atoms with E-state index in [1.54, 1.807) is 6.92 Å². The van der Waals surface area contributed by atoms with Crippen LogP contribution in [0.5, 0.6) is 11.5 Å². The summed E-state index contributed by atoms with van der Waals surface area (Å²) in [5.74, 6) is 0.114. The third kappa shape index (κ3) is 4.49. The summed E-state index contributed by atoms with van der Waals surface area (Å²) < 4.78 is 34.7. The molecule has 0 heterocycles. The Hall–Kier alpha value is -1.47. The maximum absolute atomic E-state index is 10.5. The minimum atomic E-state index is -3.95. The Labute approximate surface area is 99.8 Å². The predicted octanol–water partition coefficient (Wildman–Crippen LogP) is 0.940. The Morgan fingerprint density at radius 3 is 2.65 bits per heavy atom. The van der Waals surface area contributed by atoms with Crippen molar-refractivity contribution in [3.05, 3.63) is 17.7 Å². The van der Waals surface area contributed by atoms with Crippen molar-refractivity contribution in [2.75, 3.05) is 18.1 Å². The summed E-state index contributed by atoms with van der Waals surface area (Å²) in [6.07, 6.45) is 0.180. The summed E-state index contributed by atoms with van der Waals surface area (Å²) in [4.78, 5) is 0. The number of aryl methyl sites for hydroxylation is 1. The number of phenolic OH excluding ortho intramolecular Hbond substituents is 1. The van der Waals surface area contributed by atoms with Crippen LogP contribution in [0.2, 0.25) is 0 Å². The second-order valence-corrected chi connectivity index (χ2v) is 5.24. The number of hydrogen-bond donors (Lipinski definition) is 3. The quantitative estimate of drug-likeness (QED) is 0.315. The summed E-state index contributed by atoms with van der Waals surface area (Å²) in [5.41, 5.74) is 6.39. The molecule has 17 heavy (non-hydrogen) atoms. The molecule has 0 radical (unpaired) electrons. The number of hydrogen-bond acceptors (Lipinski definition) is 5. The van der Waals surface area contributed by atoms with Crippen molar-refractivity contribution < 1.29 is 22.8 Å². The average Bonchev–Trinajstić information content (AvgIpc) is 2.18. The van der Waals surface area contributed by atoms with Gasteiger partial charge in [-0.3, -0.25) is 4.55 Å². The van der Waals surface area contributed by atoms with Gasteiger partial charge in [-0.05, 0) is 25.0 Å². The summed E-state index contributed by atoms with van der Waals surface area (Å²) in [5, 5.41) is 9.31. The van der Waals surface area contributed by atoms with Gasteiger partial charge in [-0.2, -0.15) is 8.42 Å². The molecule has 0 atom stereocenters. The van der Waals surface area contributed by atoms with E-state index < -0.39 is 10.1 Å². The Morgan fingerprint density at radius 1 is 1.41 bits per heavy atom. The molecule has 0 spiro atoms. The minimum Gasteiger partial charge on any atom is -0.506 e. The predicted molar refractivity (Wildman–Crippen MR) is 63.8 cm³/mol. The fourth-order valence-electron chi connectivity index (χ4n) is 1.27. The zero-order valence-corrected chi connectivity index (χ0v) is 10.2. The molecule has 6 nitrogen and oxygen atoms in total. The van der Waals surface area contributed by atoms with Gasteiger partial charge in [-0.25, -0.2) is 0 Å². The Morgan fingerprint density at radius 2 is 2.06 bits per heavy atom. The van der Waals surface area contributed by atoms with Crippen LogP contribution in [0.25, 0.3) is 0 Å². The number of rotatable bonds is 5.